The number of carbonyl (C=O) groups is 1. The lowest BCUT2D eigenvalue weighted by molar-refractivity contribution is -0.113. The minimum Gasteiger partial charge on any atom is -0.433 e. The van der Waals surface area contributed by atoms with Crippen molar-refractivity contribution in [3.63, 3.8) is 0 Å². The van der Waals surface area contributed by atoms with Gasteiger partial charge in [0.25, 0.3) is 0 Å². The molecule has 0 saturated carbocycles. The van der Waals surface area contributed by atoms with E-state index >= 15 is 0 Å². The normalized spacial score (nSPS) is 12.5. The lowest BCUT2D eigenvalue weighted by Gasteiger charge is -2.18. The van der Waals surface area contributed by atoms with Crippen molar-refractivity contribution in [3.8, 4) is 5.75 Å². The number of thioether (sulfide) groups is 1. The molecule has 3 aromatic rings. The SMILES string of the molecule is O=C(CSC1=Nc2cccc3cccc(c23)N1)Nc1ccccc1OC(F)F. The fourth-order valence-electron chi connectivity index (χ4n) is 2.93. The standard InChI is InChI=1S/C20H15F2N3O2S/c21-19(22)27-16-10-2-1-7-13(16)23-17(26)11-28-20-24-14-8-3-5-12-6-4-9-15(25-20)18(12)14/h1-10,19H,11H2,(H,23,26)(H,24,25). The van der Waals surface area contributed by atoms with Gasteiger partial charge in [0.1, 0.15) is 5.75 Å². The van der Waals surface area contributed by atoms with Crippen molar-refractivity contribution < 1.29 is 18.3 Å². The smallest absolute Gasteiger partial charge is 0.387 e. The molecule has 0 spiro atoms. The average molecular weight is 399 g/mol. The molecule has 0 saturated heterocycles. The zero-order valence-electron chi connectivity index (χ0n) is 14.5. The molecule has 0 fully saturated rings. The van der Waals surface area contributed by atoms with E-state index in [2.05, 4.69) is 20.4 Å². The predicted octanol–water partition coefficient (Wildman–Crippen LogP) is 5.23. The number of hydrogen-bond donors (Lipinski definition) is 2. The van der Waals surface area contributed by atoms with E-state index in [1.165, 1.54) is 23.9 Å². The Bertz CT molecular complexity index is 1070. The summed E-state index contributed by atoms with van der Waals surface area (Å²) < 4.78 is 29.4. The molecule has 1 amide bonds. The van der Waals surface area contributed by atoms with Crippen molar-refractivity contribution in [3.05, 3.63) is 60.7 Å². The van der Waals surface area contributed by atoms with Gasteiger partial charge in [-0.25, -0.2) is 4.99 Å². The van der Waals surface area contributed by atoms with Crippen LogP contribution in [0, 0.1) is 0 Å². The van der Waals surface area contributed by atoms with E-state index in [4.69, 9.17) is 0 Å². The summed E-state index contributed by atoms with van der Waals surface area (Å²) in [5.41, 5.74) is 1.97. The van der Waals surface area contributed by atoms with Crippen molar-refractivity contribution in [1.29, 1.82) is 0 Å². The number of para-hydroxylation sites is 2. The summed E-state index contributed by atoms with van der Waals surface area (Å²) in [5.74, 6) is -0.367. The minimum absolute atomic E-state index is 0.0625. The van der Waals surface area contributed by atoms with Crippen molar-refractivity contribution in [1.82, 2.24) is 0 Å². The number of rotatable bonds is 5. The van der Waals surface area contributed by atoms with Crippen LogP contribution in [-0.2, 0) is 4.79 Å². The topological polar surface area (TPSA) is 62.7 Å². The van der Waals surface area contributed by atoms with Crippen LogP contribution < -0.4 is 15.4 Å². The second-order valence-corrected chi connectivity index (χ2v) is 6.90. The van der Waals surface area contributed by atoms with Crippen LogP contribution in [0.15, 0.2) is 65.7 Å². The molecule has 28 heavy (non-hydrogen) atoms. The highest BCUT2D eigenvalue weighted by atomic mass is 32.2. The highest BCUT2D eigenvalue weighted by Gasteiger charge is 2.16. The second-order valence-electron chi connectivity index (χ2n) is 5.93. The quantitative estimate of drug-likeness (QED) is 0.617. The molecular weight excluding hydrogens is 384 g/mol. The van der Waals surface area contributed by atoms with Gasteiger partial charge in [-0.2, -0.15) is 8.78 Å². The number of nitrogens with one attached hydrogen (secondary N) is 2. The molecule has 3 aromatic carbocycles. The van der Waals surface area contributed by atoms with Crippen molar-refractivity contribution >= 4 is 50.7 Å². The van der Waals surface area contributed by atoms with Crippen LogP contribution in [0.4, 0.5) is 25.8 Å². The number of ether oxygens (including phenoxy) is 1. The summed E-state index contributed by atoms with van der Waals surface area (Å²) in [7, 11) is 0. The van der Waals surface area contributed by atoms with Crippen LogP contribution in [-0.4, -0.2) is 23.4 Å². The number of amides is 1. The molecule has 0 unspecified atom stereocenters. The number of nitrogens with zero attached hydrogens (tertiary/aromatic N) is 1. The molecule has 0 atom stereocenters. The molecule has 8 heteroatoms. The third kappa shape index (κ3) is 3.91. The minimum atomic E-state index is -2.96. The number of hydrogen-bond acceptors (Lipinski definition) is 5. The Hall–Kier alpha value is -3.13. The Kier molecular flexibility index (Phi) is 5.12. The molecule has 1 aliphatic rings. The van der Waals surface area contributed by atoms with Crippen molar-refractivity contribution in [2.24, 2.45) is 4.99 Å². The number of benzene rings is 3. The van der Waals surface area contributed by atoms with Crippen LogP contribution in [0.2, 0.25) is 0 Å². The van der Waals surface area contributed by atoms with E-state index < -0.39 is 6.61 Å². The number of anilines is 2. The van der Waals surface area contributed by atoms with Gasteiger partial charge in [0.15, 0.2) is 5.17 Å². The zero-order valence-corrected chi connectivity index (χ0v) is 15.3. The van der Waals surface area contributed by atoms with E-state index in [0.717, 1.165) is 22.1 Å². The average Bonchev–Trinajstić information content (AvgIpc) is 2.68. The van der Waals surface area contributed by atoms with E-state index in [1.54, 1.807) is 12.1 Å². The van der Waals surface area contributed by atoms with Crippen LogP contribution in [0.1, 0.15) is 0 Å². The third-order valence-corrected chi connectivity index (χ3v) is 4.94. The Labute approximate surface area is 163 Å². The molecule has 5 nitrogen and oxygen atoms in total. The first kappa shape index (κ1) is 18.2. The van der Waals surface area contributed by atoms with Gasteiger partial charge in [0, 0.05) is 5.39 Å². The van der Waals surface area contributed by atoms with E-state index in [-0.39, 0.29) is 23.1 Å². The molecule has 2 N–H and O–H groups in total. The van der Waals surface area contributed by atoms with E-state index in [0.29, 0.717) is 5.17 Å². The molecular formula is C20H15F2N3O2S. The Morgan fingerprint density at radius 2 is 1.89 bits per heavy atom. The number of aliphatic imine (C=N–C) groups is 1. The molecule has 0 bridgehead atoms. The molecule has 1 heterocycles. The van der Waals surface area contributed by atoms with E-state index in [9.17, 15) is 13.6 Å². The molecule has 142 valence electrons. The summed E-state index contributed by atoms with van der Waals surface area (Å²) in [6.07, 6.45) is 0. The van der Waals surface area contributed by atoms with Gasteiger partial charge in [-0.15, -0.1) is 0 Å². The van der Waals surface area contributed by atoms with Gasteiger partial charge >= 0.3 is 6.61 Å². The van der Waals surface area contributed by atoms with Gasteiger partial charge in [0.2, 0.25) is 5.91 Å². The molecule has 0 radical (unpaired) electrons. The highest BCUT2D eigenvalue weighted by Crippen LogP contribution is 2.37. The fraction of sp³-hybridized carbons (Fsp3) is 0.100. The zero-order chi connectivity index (χ0) is 19.5. The predicted molar refractivity (Wildman–Crippen MR) is 109 cm³/mol. The summed E-state index contributed by atoms with van der Waals surface area (Å²) in [6.45, 7) is -2.96. The monoisotopic (exact) mass is 399 g/mol. The number of alkyl halides is 2. The number of halogens is 2. The van der Waals surface area contributed by atoms with Crippen molar-refractivity contribution in [2.45, 2.75) is 6.61 Å². The van der Waals surface area contributed by atoms with Gasteiger partial charge in [-0.05, 0) is 29.7 Å². The van der Waals surface area contributed by atoms with E-state index in [1.807, 2.05) is 36.4 Å². The summed E-state index contributed by atoms with van der Waals surface area (Å²) >= 11 is 1.23. The second kappa shape index (κ2) is 7.85. The maximum Gasteiger partial charge on any atom is 0.387 e. The van der Waals surface area contributed by atoms with Gasteiger partial charge in [-0.1, -0.05) is 48.2 Å². The lowest BCUT2D eigenvalue weighted by Crippen LogP contribution is -2.19. The number of amidine groups is 1. The summed E-state index contributed by atoms with van der Waals surface area (Å²) in [6, 6.07) is 17.9. The van der Waals surface area contributed by atoms with Crippen molar-refractivity contribution in [2.75, 3.05) is 16.4 Å². The first-order valence-electron chi connectivity index (χ1n) is 8.44. The van der Waals surface area contributed by atoms with Gasteiger partial charge in [-0.3, -0.25) is 4.79 Å². The van der Waals surface area contributed by atoms with Gasteiger partial charge in [0.05, 0.1) is 22.8 Å². The largest absolute Gasteiger partial charge is 0.433 e. The molecule has 4 rings (SSSR count). The van der Waals surface area contributed by atoms with Crippen LogP contribution >= 0.6 is 11.8 Å². The Morgan fingerprint density at radius 3 is 2.71 bits per heavy atom. The summed E-state index contributed by atoms with van der Waals surface area (Å²) in [4.78, 5) is 16.8. The Morgan fingerprint density at radius 1 is 1.11 bits per heavy atom. The van der Waals surface area contributed by atoms with Crippen LogP contribution in [0.25, 0.3) is 10.8 Å². The van der Waals surface area contributed by atoms with Crippen LogP contribution in [0.5, 0.6) is 5.75 Å². The van der Waals surface area contributed by atoms with Crippen LogP contribution in [0.3, 0.4) is 0 Å². The molecule has 1 aliphatic heterocycles. The first-order valence-corrected chi connectivity index (χ1v) is 9.42. The third-order valence-electron chi connectivity index (χ3n) is 4.06. The first-order chi connectivity index (χ1) is 13.6. The summed E-state index contributed by atoms with van der Waals surface area (Å²) in [5, 5.41) is 8.54. The maximum atomic E-state index is 12.5. The molecule has 0 aromatic heterocycles. The molecule has 0 aliphatic carbocycles. The van der Waals surface area contributed by atoms with Gasteiger partial charge < -0.3 is 15.4 Å². The lowest BCUT2D eigenvalue weighted by atomic mass is 10.1. The fourth-order valence-corrected chi connectivity index (χ4v) is 3.61. The Balaban J connectivity index is 1.44. The highest BCUT2D eigenvalue weighted by molar-refractivity contribution is 8.14. The number of carbonyl (C=O) groups excluding carboxylic acids is 1. The maximum absolute atomic E-state index is 12.5.